The molecule has 0 radical (unpaired) electrons. The fourth-order valence-corrected chi connectivity index (χ4v) is 3.71. The second-order valence-electron chi connectivity index (χ2n) is 7.15. The third kappa shape index (κ3) is 4.03. The summed E-state index contributed by atoms with van der Waals surface area (Å²) in [5.74, 6) is 0. The monoisotopic (exact) mass is 404 g/mol. The van der Waals surface area contributed by atoms with Gasteiger partial charge in [-0.1, -0.05) is 59.8 Å². The summed E-state index contributed by atoms with van der Waals surface area (Å²) in [4.78, 5) is 5.50. The van der Waals surface area contributed by atoms with E-state index in [9.17, 15) is 10.5 Å². The summed E-state index contributed by atoms with van der Waals surface area (Å²) in [7, 11) is 0. The van der Waals surface area contributed by atoms with E-state index in [4.69, 9.17) is 4.84 Å². The molecule has 0 saturated heterocycles. The maximum Gasteiger partial charge on any atom is 0.143 e. The van der Waals surface area contributed by atoms with Crippen molar-refractivity contribution in [1.82, 2.24) is 4.57 Å². The van der Waals surface area contributed by atoms with Gasteiger partial charge in [-0.3, -0.25) is 0 Å². The highest BCUT2D eigenvalue weighted by Gasteiger charge is 2.14. The van der Waals surface area contributed by atoms with E-state index in [0.29, 0.717) is 17.7 Å². The van der Waals surface area contributed by atoms with Gasteiger partial charge in [-0.2, -0.15) is 10.5 Å². The fourth-order valence-electron chi connectivity index (χ4n) is 3.71. The Bertz CT molecular complexity index is 1350. The van der Waals surface area contributed by atoms with Crippen LogP contribution in [-0.2, 0) is 18.0 Å². The molecule has 5 heteroatoms. The van der Waals surface area contributed by atoms with Crippen LogP contribution in [0.15, 0.2) is 78.0 Å². The predicted octanol–water partition coefficient (Wildman–Crippen LogP) is 5.29. The molecule has 0 amide bonds. The summed E-state index contributed by atoms with van der Waals surface area (Å²) in [6, 6.07) is 27.5. The van der Waals surface area contributed by atoms with Crippen LogP contribution in [0.4, 0.5) is 0 Å². The lowest BCUT2D eigenvalue weighted by Gasteiger charge is -2.10. The van der Waals surface area contributed by atoms with E-state index in [1.165, 1.54) is 0 Å². The summed E-state index contributed by atoms with van der Waals surface area (Å²) in [5, 5.41) is 23.9. The average Bonchev–Trinajstić information content (AvgIpc) is 3.08. The first-order valence-corrected chi connectivity index (χ1v) is 9.92. The predicted molar refractivity (Wildman–Crippen MR) is 120 cm³/mol. The molecular formula is C26H20N4O. The lowest BCUT2D eigenvalue weighted by Crippen LogP contribution is -2.04. The number of rotatable bonds is 6. The van der Waals surface area contributed by atoms with E-state index < -0.39 is 0 Å². The molecule has 0 N–H and O–H groups in total. The molecule has 0 unspecified atom stereocenters. The van der Waals surface area contributed by atoms with Crippen LogP contribution in [0.5, 0.6) is 0 Å². The number of benzene rings is 3. The summed E-state index contributed by atoms with van der Waals surface area (Å²) in [6.07, 6.45) is 1.72. The molecule has 5 nitrogen and oxygen atoms in total. The second-order valence-corrected chi connectivity index (χ2v) is 7.15. The van der Waals surface area contributed by atoms with Gasteiger partial charge < -0.3 is 9.40 Å². The van der Waals surface area contributed by atoms with Crippen LogP contribution in [0, 0.1) is 29.6 Å². The lowest BCUT2D eigenvalue weighted by molar-refractivity contribution is 0.132. The normalized spacial score (nSPS) is 10.8. The number of fused-ring (bicyclic) bond motifs is 1. The molecule has 0 aliphatic heterocycles. The molecule has 0 aliphatic carbocycles. The topological polar surface area (TPSA) is 74.1 Å². The van der Waals surface area contributed by atoms with Crippen molar-refractivity contribution in [2.75, 3.05) is 0 Å². The van der Waals surface area contributed by atoms with Gasteiger partial charge in [0.2, 0.25) is 0 Å². The minimum absolute atomic E-state index is 0.230. The van der Waals surface area contributed by atoms with Crippen LogP contribution in [0.1, 0.15) is 33.5 Å². The van der Waals surface area contributed by atoms with Crippen molar-refractivity contribution in [3.63, 3.8) is 0 Å². The third-order valence-corrected chi connectivity index (χ3v) is 5.36. The van der Waals surface area contributed by atoms with Crippen molar-refractivity contribution in [2.45, 2.75) is 20.1 Å². The van der Waals surface area contributed by atoms with Crippen molar-refractivity contribution >= 4 is 17.1 Å². The van der Waals surface area contributed by atoms with E-state index in [0.717, 1.165) is 33.3 Å². The van der Waals surface area contributed by atoms with E-state index in [1.807, 2.05) is 61.5 Å². The van der Waals surface area contributed by atoms with Gasteiger partial charge in [-0.15, -0.1) is 0 Å². The van der Waals surface area contributed by atoms with Crippen LogP contribution < -0.4 is 0 Å². The Hall–Kier alpha value is -4.35. The Kier molecular flexibility index (Phi) is 5.78. The number of para-hydroxylation sites is 1. The first kappa shape index (κ1) is 19.9. The van der Waals surface area contributed by atoms with Gasteiger partial charge in [0, 0.05) is 34.3 Å². The van der Waals surface area contributed by atoms with E-state index in [1.54, 1.807) is 12.3 Å². The first-order valence-electron chi connectivity index (χ1n) is 9.92. The van der Waals surface area contributed by atoms with Gasteiger partial charge in [-0.25, -0.2) is 0 Å². The lowest BCUT2D eigenvalue weighted by atomic mass is 10.1. The molecule has 0 aliphatic rings. The molecule has 31 heavy (non-hydrogen) atoms. The van der Waals surface area contributed by atoms with Gasteiger partial charge >= 0.3 is 0 Å². The number of hydrogen-bond donors (Lipinski definition) is 0. The number of nitrogens with zero attached hydrogens (tertiary/aromatic N) is 4. The van der Waals surface area contributed by atoms with E-state index in [2.05, 4.69) is 34.0 Å². The highest BCUT2D eigenvalue weighted by atomic mass is 16.6. The van der Waals surface area contributed by atoms with Crippen molar-refractivity contribution in [3.8, 4) is 12.1 Å². The number of oxime groups is 1. The molecule has 0 atom stereocenters. The Morgan fingerprint density at radius 1 is 0.871 bits per heavy atom. The second kappa shape index (κ2) is 8.98. The molecule has 3 aromatic carbocycles. The molecule has 1 heterocycles. The molecule has 0 bridgehead atoms. The van der Waals surface area contributed by atoms with Gasteiger partial charge in [-0.05, 0) is 30.7 Å². The van der Waals surface area contributed by atoms with Crippen LogP contribution in [-0.4, -0.2) is 10.8 Å². The number of nitriles is 2. The molecule has 1 aromatic heterocycles. The smallest absolute Gasteiger partial charge is 0.143 e. The maximum absolute atomic E-state index is 9.44. The van der Waals surface area contributed by atoms with Crippen molar-refractivity contribution in [1.29, 1.82) is 10.5 Å². The minimum atomic E-state index is 0.230. The molecule has 0 saturated carbocycles. The van der Waals surface area contributed by atoms with E-state index in [-0.39, 0.29) is 6.61 Å². The highest BCUT2D eigenvalue weighted by molar-refractivity contribution is 6.01. The molecular weight excluding hydrogens is 384 g/mol. The van der Waals surface area contributed by atoms with Gasteiger partial charge in [0.1, 0.15) is 6.61 Å². The molecule has 4 aromatic rings. The number of aromatic nitrogens is 1. The van der Waals surface area contributed by atoms with Crippen LogP contribution >= 0.6 is 0 Å². The summed E-state index contributed by atoms with van der Waals surface area (Å²) in [6.45, 7) is 2.87. The fraction of sp³-hybridized carbons (Fsp3) is 0.115. The standard InChI is InChI=1S/C26H20N4O/c1-19-25(16-29-31-18-23-11-5-3-9-21(23)15-28)24-12-6-7-13-26(24)30(19)17-22-10-4-2-8-20(22)14-27/h2-13,16H,17-18H2,1H3/b29-16-. The zero-order valence-corrected chi connectivity index (χ0v) is 17.1. The minimum Gasteiger partial charge on any atom is -0.391 e. The first-order chi connectivity index (χ1) is 15.2. The van der Waals surface area contributed by atoms with Crippen LogP contribution in [0.2, 0.25) is 0 Å². The van der Waals surface area contributed by atoms with E-state index >= 15 is 0 Å². The maximum atomic E-state index is 9.44. The number of hydrogen-bond acceptors (Lipinski definition) is 4. The van der Waals surface area contributed by atoms with Gasteiger partial charge in [0.15, 0.2) is 0 Å². The average molecular weight is 404 g/mol. The van der Waals surface area contributed by atoms with Crippen molar-refractivity contribution in [3.05, 3.63) is 106 Å². The van der Waals surface area contributed by atoms with Gasteiger partial charge in [0.05, 0.1) is 29.5 Å². The zero-order chi connectivity index (χ0) is 21.6. The molecule has 150 valence electrons. The molecule has 0 spiro atoms. The molecule has 0 fully saturated rings. The Morgan fingerprint density at radius 3 is 2.23 bits per heavy atom. The highest BCUT2D eigenvalue weighted by Crippen LogP contribution is 2.26. The Morgan fingerprint density at radius 2 is 1.48 bits per heavy atom. The Labute approximate surface area is 181 Å². The van der Waals surface area contributed by atoms with Crippen LogP contribution in [0.25, 0.3) is 10.9 Å². The zero-order valence-electron chi connectivity index (χ0n) is 17.1. The quantitative estimate of drug-likeness (QED) is 0.324. The summed E-state index contributed by atoms with van der Waals surface area (Å²) in [5.41, 5.74) is 6.12. The SMILES string of the molecule is Cc1c(/C=N\OCc2ccccc2C#N)c2ccccc2n1Cc1ccccc1C#N. The van der Waals surface area contributed by atoms with Gasteiger partial charge in [0.25, 0.3) is 0 Å². The summed E-state index contributed by atoms with van der Waals surface area (Å²) < 4.78 is 2.19. The third-order valence-electron chi connectivity index (χ3n) is 5.36. The van der Waals surface area contributed by atoms with Crippen molar-refractivity contribution < 1.29 is 4.84 Å². The molecule has 4 rings (SSSR count). The summed E-state index contributed by atoms with van der Waals surface area (Å²) >= 11 is 0. The largest absolute Gasteiger partial charge is 0.391 e. The Balaban J connectivity index is 1.63. The van der Waals surface area contributed by atoms with Crippen molar-refractivity contribution in [2.24, 2.45) is 5.16 Å². The van der Waals surface area contributed by atoms with Crippen LogP contribution in [0.3, 0.4) is 0 Å².